The second-order valence-electron chi connectivity index (χ2n) is 6.48. The van der Waals surface area contributed by atoms with Crippen molar-refractivity contribution in [3.05, 3.63) is 22.7 Å². The number of rotatable bonds is 9. The third-order valence-corrected chi connectivity index (χ3v) is 7.65. The molecule has 0 radical (unpaired) electrons. The minimum Gasteiger partial charge on any atom is -0.384 e. The van der Waals surface area contributed by atoms with Gasteiger partial charge in [-0.15, -0.1) is 0 Å². The summed E-state index contributed by atoms with van der Waals surface area (Å²) in [5, 5.41) is 19.7. The van der Waals surface area contributed by atoms with Crippen molar-refractivity contribution < 1.29 is 56.3 Å². The van der Waals surface area contributed by atoms with Crippen molar-refractivity contribution in [3.8, 4) is 6.07 Å². The number of aromatic nitrogens is 2. The summed E-state index contributed by atoms with van der Waals surface area (Å²) in [7, 11) is -16.9. The van der Waals surface area contributed by atoms with Crippen LogP contribution < -0.4 is 11.4 Å². The van der Waals surface area contributed by atoms with Crippen LogP contribution in [0.2, 0.25) is 0 Å². The normalized spacial score (nSPS) is 29.2. The molecule has 0 bridgehead atoms. The average Bonchev–Trinajstić information content (AvgIpc) is 3.01. The van der Waals surface area contributed by atoms with Crippen molar-refractivity contribution >= 4 is 29.3 Å². The number of anilines is 1. The minimum absolute atomic E-state index is 0.148. The Balaban J connectivity index is 2.19. The Morgan fingerprint density at radius 1 is 1.23 bits per heavy atom. The standard InChI is InChI=1S/C11H17N4O13P3/c1-10(5-12,15-4-3-6(13)14-9(15)16)25-7-8(11(7,2)17)26-30(21,22)28-31(23,24)27-29(18,19)20/h3-4,7-8,17H,1-2H3,(H,21,22)(H,23,24)(H2,13,14,16)(H2,18,19,20)/t7-,8?,10?,11-/m1/s1. The summed E-state index contributed by atoms with van der Waals surface area (Å²) in [5.74, 6) is -0.148. The number of ether oxygens (including phenoxy) is 1. The van der Waals surface area contributed by atoms with E-state index in [1.807, 2.05) is 0 Å². The number of hydrogen-bond acceptors (Lipinski definition) is 12. The molecule has 1 heterocycles. The van der Waals surface area contributed by atoms with Crippen LogP contribution in [0.5, 0.6) is 0 Å². The number of nitriles is 1. The maximum atomic E-state index is 12.0. The number of nitrogens with zero attached hydrogens (tertiary/aromatic N) is 3. The van der Waals surface area contributed by atoms with Gasteiger partial charge in [0.15, 0.2) is 0 Å². The SMILES string of the molecule is CC(C#N)(O[C@@H]1C(OP(=O)(O)OP(=O)(O)OP(=O)(O)O)[C@]1(C)O)n1ccc(N)nc1=O. The fourth-order valence-electron chi connectivity index (χ4n) is 2.33. The summed E-state index contributed by atoms with van der Waals surface area (Å²) in [6.07, 6.45) is -2.22. The zero-order valence-electron chi connectivity index (χ0n) is 15.6. The summed E-state index contributed by atoms with van der Waals surface area (Å²) in [4.78, 5) is 51.2. The molecule has 1 aliphatic rings. The molecule has 0 saturated heterocycles. The predicted octanol–water partition coefficient (Wildman–Crippen LogP) is -1.12. The zero-order chi connectivity index (χ0) is 24.0. The monoisotopic (exact) mass is 506 g/mol. The molecule has 20 heteroatoms. The number of phosphoric acid groups is 3. The van der Waals surface area contributed by atoms with Gasteiger partial charge in [-0.1, -0.05) is 0 Å². The van der Waals surface area contributed by atoms with E-state index in [1.54, 1.807) is 6.07 Å². The molecule has 1 aromatic heterocycles. The zero-order valence-corrected chi connectivity index (χ0v) is 18.3. The van der Waals surface area contributed by atoms with Crippen molar-refractivity contribution in [1.29, 1.82) is 5.26 Å². The lowest BCUT2D eigenvalue weighted by Gasteiger charge is -2.24. The summed E-state index contributed by atoms with van der Waals surface area (Å²) >= 11 is 0. The number of nitrogen functional groups attached to an aromatic ring is 1. The smallest absolute Gasteiger partial charge is 0.384 e. The molecule has 0 amide bonds. The first-order chi connectivity index (χ1) is 13.8. The molecule has 0 spiro atoms. The van der Waals surface area contributed by atoms with Crippen LogP contribution in [0.4, 0.5) is 5.82 Å². The van der Waals surface area contributed by atoms with Gasteiger partial charge in [0, 0.05) is 6.20 Å². The second kappa shape index (κ2) is 8.13. The van der Waals surface area contributed by atoms with E-state index < -0.39 is 52.7 Å². The van der Waals surface area contributed by atoms with Gasteiger partial charge in [0.25, 0.3) is 0 Å². The van der Waals surface area contributed by atoms with Gasteiger partial charge in [0.2, 0.25) is 5.72 Å². The Bertz CT molecular complexity index is 1110. The number of phosphoric ester groups is 1. The first kappa shape index (κ1) is 25.8. The Labute approximate surface area is 173 Å². The minimum atomic E-state index is -5.77. The van der Waals surface area contributed by atoms with Crippen molar-refractivity contribution in [2.75, 3.05) is 5.73 Å². The molecule has 174 valence electrons. The fourth-order valence-corrected chi connectivity index (χ4v) is 5.61. The van der Waals surface area contributed by atoms with Gasteiger partial charge in [0.1, 0.15) is 29.7 Å². The quantitative estimate of drug-likeness (QED) is 0.216. The van der Waals surface area contributed by atoms with Crippen molar-refractivity contribution in [1.82, 2.24) is 9.55 Å². The maximum absolute atomic E-state index is 12.0. The molecular formula is C11H17N4O13P3. The van der Waals surface area contributed by atoms with E-state index in [2.05, 4.69) is 18.1 Å². The van der Waals surface area contributed by atoms with Crippen molar-refractivity contribution in [2.24, 2.45) is 0 Å². The Morgan fingerprint density at radius 3 is 2.29 bits per heavy atom. The molecule has 4 unspecified atom stereocenters. The second-order valence-corrected chi connectivity index (χ2v) is 10.9. The van der Waals surface area contributed by atoms with Gasteiger partial charge in [-0.05, 0) is 19.9 Å². The molecule has 17 nitrogen and oxygen atoms in total. The lowest BCUT2D eigenvalue weighted by molar-refractivity contribution is -0.0894. The summed E-state index contributed by atoms with van der Waals surface area (Å²) in [6, 6.07) is 2.83. The van der Waals surface area contributed by atoms with E-state index in [4.69, 9.17) is 25.2 Å². The highest BCUT2D eigenvalue weighted by Crippen LogP contribution is 2.68. The molecule has 2 rings (SSSR count). The largest absolute Gasteiger partial charge is 0.490 e. The van der Waals surface area contributed by atoms with E-state index in [1.165, 1.54) is 6.07 Å². The van der Waals surface area contributed by atoms with Crippen LogP contribution in [-0.4, -0.2) is 52.0 Å². The summed E-state index contributed by atoms with van der Waals surface area (Å²) in [6.45, 7) is 2.14. The van der Waals surface area contributed by atoms with Gasteiger partial charge in [-0.25, -0.2) is 18.5 Å². The van der Waals surface area contributed by atoms with Gasteiger partial charge in [0.05, 0.1) is 0 Å². The van der Waals surface area contributed by atoms with Gasteiger partial charge in [-0.2, -0.15) is 18.9 Å². The van der Waals surface area contributed by atoms with Crippen LogP contribution >= 0.6 is 23.5 Å². The van der Waals surface area contributed by atoms with E-state index in [-0.39, 0.29) is 5.82 Å². The summed E-state index contributed by atoms with van der Waals surface area (Å²) in [5.41, 5.74) is 0.202. The lowest BCUT2D eigenvalue weighted by atomic mass is 10.3. The summed E-state index contributed by atoms with van der Waals surface area (Å²) < 4.78 is 51.7. The van der Waals surface area contributed by atoms with Crippen LogP contribution in [0.1, 0.15) is 13.8 Å². The van der Waals surface area contributed by atoms with Crippen LogP contribution in [0.25, 0.3) is 0 Å². The highest BCUT2D eigenvalue weighted by Gasteiger charge is 2.68. The van der Waals surface area contributed by atoms with Gasteiger partial charge < -0.3 is 35.2 Å². The molecule has 1 fully saturated rings. The number of hydrogen-bond donors (Lipinski definition) is 6. The molecule has 31 heavy (non-hydrogen) atoms. The molecule has 0 aromatic carbocycles. The first-order valence-corrected chi connectivity index (χ1v) is 12.3. The number of aliphatic hydroxyl groups is 1. The highest BCUT2D eigenvalue weighted by atomic mass is 31.3. The molecule has 0 aliphatic heterocycles. The number of nitrogens with two attached hydrogens (primary N) is 1. The van der Waals surface area contributed by atoms with Crippen LogP contribution in [0.15, 0.2) is 17.1 Å². The first-order valence-electron chi connectivity index (χ1n) is 7.81. The van der Waals surface area contributed by atoms with Crippen molar-refractivity contribution in [3.63, 3.8) is 0 Å². The Morgan fingerprint density at radius 2 is 1.81 bits per heavy atom. The maximum Gasteiger partial charge on any atom is 0.490 e. The Hall–Kier alpha value is -1.50. The predicted molar refractivity (Wildman–Crippen MR) is 96.4 cm³/mol. The molecule has 1 aliphatic carbocycles. The van der Waals surface area contributed by atoms with Crippen molar-refractivity contribution in [2.45, 2.75) is 37.4 Å². The molecule has 7 N–H and O–H groups in total. The third kappa shape index (κ3) is 6.27. The molecule has 1 aromatic rings. The van der Waals surface area contributed by atoms with Crippen LogP contribution in [0.3, 0.4) is 0 Å². The Kier molecular flexibility index (Phi) is 6.75. The molecule has 6 atom stereocenters. The lowest BCUT2D eigenvalue weighted by Crippen LogP contribution is -2.42. The third-order valence-electron chi connectivity index (χ3n) is 3.83. The molecular weight excluding hydrogens is 489 g/mol. The van der Waals surface area contributed by atoms with E-state index in [0.717, 1.165) is 20.0 Å². The highest BCUT2D eigenvalue weighted by molar-refractivity contribution is 7.66. The molecule has 1 saturated carbocycles. The van der Waals surface area contributed by atoms with Crippen LogP contribution in [-0.2, 0) is 37.3 Å². The van der Waals surface area contributed by atoms with Gasteiger partial charge >= 0.3 is 29.2 Å². The topological polar surface area (TPSA) is 274 Å². The fraction of sp³-hybridized carbons (Fsp3) is 0.545. The van der Waals surface area contributed by atoms with Crippen LogP contribution in [0, 0.1) is 11.3 Å². The average molecular weight is 506 g/mol. The van der Waals surface area contributed by atoms with Gasteiger partial charge in [-0.3, -0.25) is 9.09 Å². The van der Waals surface area contributed by atoms with E-state index >= 15 is 0 Å². The van der Waals surface area contributed by atoms with E-state index in [9.17, 15) is 33.8 Å². The van der Waals surface area contributed by atoms with E-state index in [0.29, 0.717) is 4.57 Å².